The van der Waals surface area contributed by atoms with Crippen molar-refractivity contribution in [2.24, 2.45) is 0 Å². The van der Waals surface area contributed by atoms with E-state index >= 15 is 0 Å². The van der Waals surface area contributed by atoms with Crippen molar-refractivity contribution in [3.8, 4) is 22.4 Å². The molecule has 3 aromatic carbocycles. The minimum atomic E-state index is 0.514. The summed E-state index contributed by atoms with van der Waals surface area (Å²) in [6.07, 6.45) is 8.41. The third kappa shape index (κ3) is 3.10. The Morgan fingerprint density at radius 3 is 2.44 bits per heavy atom. The fourth-order valence-corrected chi connectivity index (χ4v) is 6.05. The normalized spacial score (nSPS) is 15.5. The fourth-order valence-electron chi connectivity index (χ4n) is 6.05. The maximum atomic E-state index is 5.03. The summed E-state index contributed by atoms with van der Waals surface area (Å²) in [4.78, 5) is 5.03. The van der Waals surface area contributed by atoms with Gasteiger partial charge in [-0.3, -0.25) is 4.98 Å². The molecular weight excluding hydrogens is 386 g/mol. The van der Waals surface area contributed by atoms with Crippen LogP contribution >= 0.6 is 0 Å². The summed E-state index contributed by atoms with van der Waals surface area (Å²) in [7, 11) is 0. The van der Waals surface area contributed by atoms with Crippen LogP contribution in [0.4, 0.5) is 0 Å². The zero-order chi connectivity index (χ0) is 21.8. The average Bonchev–Trinajstić information content (AvgIpc) is 3.46. The number of aromatic nitrogens is 1. The van der Waals surface area contributed by atoms with Crippen LogP contribution in [-0.2, 0) is 6.42 Å². The molecule has 0 bridgehead atoms. The topological polar surface area (TPSA) is 12.9 Å². The predicted molar refractivity (Wildman–Crippen MR) is 135 cm³/mol. The number of aryl methyl sites for hydroxylation is 1. The highest BCUT2D eigenvalue weighted by Crippen LogP contribution is 2.45. The molecule has 32 heavy (non-hydrogen) atoms. The van der Waals surface area contributed by atoms with Crippen LogP contribution in [0.25, 0.3) is 33.2 Å². The summed E-state index contributed by atoms with van der Waals surface area (Å²) in [5.41, 5.74) is 12.5. The Labute approximate surface area is 191 Å². The molecule has 1 heterocycles. The molecule has 0 amide bonds. The van der Waals surface area contributed by atoms with E-state index < -0.39 is 0 Å². The van der Waals surface area contributed by atoms with Crippen LogP contribution < -0.4 is 0 Å². The van der Waals surface area contributed by atoms with E-state index in [9.17, 15) is 0 Å². The molecule has 1 saturated carbocycles. The third-order valence-electron chi connectivity index (χ3n) is 7.72. The maximum absolute atomic E-state index is 5.03. The van der Waals surface area contributed by atoms with Crippen LogP contribution in [0.1, 0.15) is 79.2 Å². The standard InChI is InChI=1S/C31H31N/c1-19(2)23-17-26(21-8-4-5-9-21)25-12-13-32-31(30(25)18-23)29-15-20(3)14-27-24-11-7-6-10-22(24)16-28(27)29/h6-7,10-15,17-19,21H,4-5,8-9,16H2,1-3H3. The number of pyridine rings is 1. The molecule has 0 saturated heterocycles. The Morgan fingerprint density at radius 2 is 1.62 bits per heavy atom. The first kappa shape index (κ1) is 19.7. The molecule has 4 aromatic rings. The monoisotopic (exact) mass is 417 g/mol. The van der Waals surface area contributed by atoms with E-state index in [4.69, 9.17) is 4.98 Å². The third-order valence-corrected chi connectivity index (χ3v) is 7.72. The van der Waals surface area contributed by atoms with Gasteiger partial charge in [0.2, 0.25) is 0 Å². The summed E-state index contributed by atoms with van der Waals surface area (Å²) in [5, 5.41) is 2.75. The Bertz CT molecular complexity index is 1340. The molecule has 0 N–H and O–H groups in total. The van der Waals surface area contributed by atoms with Gasteiger partial charge < -0.3 is 0 Å². The molecule has 160 valence electrons. The summed E-state index contributed by atoms with van der Waals surface area (Å²) >= 11 is 0. The molecule has 0 spiro atoms. The zero-order valence-electron chi connectivity index (χ0n) is 19.4. The summed E-state index contributed by atoms with van der Waals surface area (Å²) in [6, 6.07) is 20.8. The number of fused-ring (bicyclic) bond motifs is 4. The van der Waals surface area contributed by atoms with E-state index in [2.05, 4.69) is 75.4 Å². The molecule has 1 nitrogen and oxygen atoms in total. The van der Waals surface area contributed by atoms with Gasteiger partial charge >= 0.3 is 0 Å². The van der Waals surface area contributed by atoms with Crippen molar-refractivity contribution in [2.75, 3.05) is 0 Å². The van der Waals surface area contributed by atoms with Crippen molar-refractivity contribution in [3.05, 3.63) is 88.6 Å². The molecule has 1 aromatic heterocycles. The van der Waals surface area contributed by atoms with Crippen LogP contribution in [-0.4, -0.2) is 4.98 Å². The number of hydrogen-bond donors (Lipinski definition) is 0. The molecule has 0 aliphatic heterocycles. The van der Waals surface area contributed by atoms with E-state index in [0.29, 0.717) is 11.8 Å². The number of nitrogens with zero attached hydrogens (tertiary/aromatic N) is 1. The van der Waals surface area contributed by atoms with Crippen molar-refractivity contribution < 1.29 is 0 Å². The van der Waals surface area contributed by atoms with Crippen molar-refractivity contribution in [1.29, 1.82) is 0 Å². The Balaban J connectivity index is 1.62. The molecule has 0 unspecified atom stereocenters. The Morgan fingerprint density at radius 1 is 0.844 bits per heavy atom. The SMILES string of the molecule is Cc1cc2c(c(-c3nccc4c(C5CCCC5)cc(C(C)C)cc34)c1)Cc1ccccc1-2. The lowest BCUT2D eigenvalue weighted by Gasteiger charge is -2.19. The molecule has 2 aliphatic rings. The lowest BCUT2D eigenvalue weighted by Crippen LogP contribution is -2.00. The lowest BCUT2D eigenvalue weighted by atomic mass is 9.86. The minimum absolute atomic E-state index is 0.514. The molecule has 0 atom stereocenters. The summed E-state index contributed by atoms with van der Waals surface area (Å²) in [6.45, 7) is 6.85. The maximum Gasteiger partial charge on any atom is 0.0783 e. The minimum Gasteiger partial charge on any atom is -0.256 e. The average molecular weight is 418 g/mol. The van der Waals surface area contributed by atoms with Crippen molar-refractivity contribution in [1.82, 2.24) is 4.98 Å². The number of rotatable bonds is 3. The number of benzene rings is 3. The van der Waals surface area contributed by atoms with Crippen LogP contribution in [0.3, 0.4) is 0 Å². The first-order valence-corrected chi connectivity index (χ1v) is 12.2. The largest absolute Gasteiger partial charge is 0.256 e. The van der Waals surface area contributed by atoms with Gasteiger partial charge in [0.25, 0.3) is 0 Å². The van der Waals surface area contributed by atoms with E-state index in [1.807, 2.05) is 6.20 Å². The van der Waals surface area contributed by atoms with Gasteiger partial charge in [-0.05, 0) is 101 Å². The first-order valence-electron chi connectivity index (χ1n) is 12.2. The molecular formula is C31H31N. The first-order chi connectivity index (χ1) is 15.6. The van der Waals surface area contributed by atoms with Gasteiger partial charge in [0.05, 0.1) is 5.69 Å². The van der Waals surface area contributed by atoms with Crippen molar-refractivity contribution in [3.63, 3.8) is 0 Å². The van der Waals surface area contributed by atoms with E-state index in [1.54, 1.807) is 5.56 Å². The molecule has 6 rings (SSSR count). The fraction of sp³-hybridized carbons (Fsp3) is 0.323. The summed E-state index contributed by atoms with van der Waals surface area (Å²) in [5.74, 6) is 1.21. The van der Waals surface area contributed by atoms with Gasteiger partial charge in [0, 0.05) is 17.1 Å². The van der Waals surface area contributed by atoms with E-state index in [-0.39, 0.29) is 0 Å². The van der Waals surface area contributed by atoms with Gasteiger partial charge in [0.1, 0.15) is 0 Å². The highest BCUT2D eigenvalue weighted by Gasteiger charge is 2.25. The van der Waals surface area contributed by atoms with Gasteiger partial charge in [-0.1, -0.05) is 63.1 Å². The molecule has 1 fully saturated rings. The molecule has 2 aliphatic carbocycles. The van der Waals surface area contributed by atoms with Crippen LogP contribution in [0, 0.1) is 6.92 Å². The van der Waals surface area contributed by atoms with Crippen molar-refractivity contribution in [2.45, 2.75) is 64.7 Å². The van der Waals surface area contributed by atoms with E-state index in [0.717, 1.165) is 12.1 Å². The van der Waals surface area contributed by atoms with Crippen LogP contribution in [0.2, 0.25) is 0 Å². The van der Waals surface area contributed by atoms with Crippen LogP contribution in [0.5, 0.6) is 0 Å². The second-order valence-corrected chi connectivity index (χ2v) is 10.2. The Hall–Kier alpha value is -2.93. The quantitative estimate of drug-likeness (QED) is 0.286. The van der Waals surface area contributed by atoms with Crippen LogP contribution in [0.15, 0.2) is 60.8 Å². The van der Waals surface area contributed by atoms with Crippen molar-refractivity contribution >= 4 is 10.8 Å². The van der Waals surface area contributed by atoms with Gasteiger partial charge in [-0.25, -0.2) is 0 Å². The second-order valence-electron chi connectivity index (χ2n) is 10.2. The van der Waals surface area contributed by atoms with Gasteiger partial charge in [-0.2, -0.15) is 0 Å². The second kappa shape index (κ2) is 7.59. The predicted octanol–water partition coefficient (Wildman–Crippen LogP) is 8.56. The molecule has 1 heteroatoms. The van der Waals surface area contributed by atoms with E-state index in [1.165, 1.54) is 75.4 Å². The number of hydrogen-bond acceptors (Lipinski definition) is 1. The lowest BCUT2D eigenvalue weighted by molar-refractivity contribution is 0.725. The van der Waals surface area contributed by atoms with Gasteiger partial charge in [0.15, 0.2) is 0 Å². The molecule has 0 radical (unpaired) electrons. The Kier molecular flexibility index (Phi) is 4.68. The smallest absolute Gasteiger partial charge is 0.0783 e. The zero-order valence-corrected chi connectivity index (χ0v) is 19.4. The van der Waals surface area contributed by atoms with Gasteiger partial charge in [-0.15, -0.1) is 0 Å². The highest BCUT2D eigenvalue weighted by molar-refractivity contribution is 5.99. The summed E-state index contributed by atoms with van der Waals surface area (Å²) < 4.78 is 0. The highest BCUT2D eigenvalue weighted by atomic mass is 14.7.